The highest BCUT2D eigenvalue weighted by Crippen LogP contribution is 2.12. The Labute approximate surface area is 135 Å². The topological polar surface area (TPSA) is 46.9 Å². The monoisotopic (exact) mass is 305 g/mol. The van der Waals surface area contributed by atoms with Crippen molar-refractivity contribution >= 4 is 5.91 Å². The van der Waals surface area contributed by atoms with Gasteiger partial charge in [0.05, 0.1) is 24.3 Å². The van der Waals surface area contributed by atoms with Gasteiger partial charge in [-0.3, -0.25) is 9.48 Å². The lowest BCUT2D eigenvalue weighted by Crippen LogP contribution is -2.26. The predicted octanol–water partition coefficient (Wildman–Crippen LogP) is 3.42. The van der Waals surface area contributed by atoms with Gasteiger partial charge in [-0.15, -0.1) is 0 Å². The quantitative estimate of drug-likeness (QED) is 0.785. The van der Waals surface area contributed by atoms with Crippen LogP contribution in [0, 0.1) is 0 Å². The van der Waals surface area contributed by atoms with E-state index in [1.807, 2.05) is 67.6 Å². The molecule has 0 spiro atoms. The molecular formula is C19H19N3O. The van der Waals surface area contributed by atoms with Gasteiger partial charge >= 0.3 is 0 Å². The van der Waals surface area contributed by atoms with Crippen LogP contribution in [0.4, 0.5) is 0 Å². The summed E-state index contributed by atoms with van der Waals surface area (Å²) in [6.45, 7) is 2.63. The fraction of sp³-hybridized carbons (Fsp3) is 0.158. The number of hydrogen-bond donors (Lipinski definition) is 1. The minimum absolute atomic E-state index is 0.0406. The van der Waals surface area contributed by atoms with Gasteiger partial charge in [0.2, 0.25) is 0 Å². The Kier molecular flexibility index (Phi) is 4.52. The van der Waals surface area contributed by atoms with Crippen molar-refractivity contribution in [2.45, 2.75) is 19.5 Å². The molecule has 1 N–H and O–H groups in total. The first-order valence-corrected chi connectivity index (χ1v) is 7.64. The molecule has 4 heteroatoms. The van der Waals surface area contributed by atoms with Gasteiger partial charge in [-0.25, -0.2) is 0 Å². The molecule has 0 radical (unpaired) electrons. The lowest BCUT2D eigenvalue weighted by Gasteiger charge is -2.13. The summed E-state index contributed by atoms with van der Waals surface area (Å²) in [6.07, 6.45) is 3.38. The minimum Gasteiger partial charge on any atom is -0.345 e. The van der Waals surface area contributed by atoms with Crippen LogP contribution in [0.2, 0.25) is 0 Å². The number of carbonyl (C=O) groups is 1. The average molecular weight is 305 g/mol. The van der Waals surface area contributed by atoms with E-state index < -0.39 is 0 Å². The Morgan fingerprint density at radius 3 is 2.43 bits per heavy atom. The fourth-order valence-electron chi connectivity index (χ4n) is 2.44. The Morgan fingerprint density at radius 1 is 1.09 bits per heavy atom. The van der Waals surface area contributed by atoms with Crippen molar-refractivity contribution in [1.82, 2.24) is 15.1 Å². The van der Waals surface area contributed by atoms with Gasteiger partial charge in [-0.2, -0.15) is 5.10 Å². The Morgan fingerprint density at radius 2 is 1.74 bits per heavy atom. The number of aromatic nitrogens is 2. The number of carbonyl (C=O) groups excluding carboxylic acids is 1. The predicted molar refractivity (Wildman–Crippen MR) is 90.1 cm³/mol. The van der Waals surface area contributed by atoms with Gasteiger partial charge in [0.15, 0.2) is 0 Å². The molecule has 1 amide bonds. The number of nitrogens with zero attached hydrogens (tertiary/aromatic N) is 2. The van der Waals surface area contributed by atoms with E-state index in [0.29, 0.717) is 12.1 Å². The molecule has 2 aromatic carbocycles. The first kappa shape index (κ1) is 15.0. The molecule has 3 rings (SSSR count). The van der Waals surface area contributed by atoms with Gasteiger partial charge < -0.3 is 5.32 Å². The van der Waals surface area contributed by atoms with Gasteiger partial charge in [0.1, 0.15) is 0 Å². The molecular weight excluding hydrogens is 286 g/mol. The van der Waals surface area contributed by atoms with E-state index in [2.05, 4.69) is 10.4 Å². The molecule has 0 unspecified atom stereocenters. The van der Waals surface area contributed by atoms with Crippen molar-refractivity contribution in [3.63, 3.8) is 0 Å². The van der Waals surface area contributed by atoms with E-state index in [1.165, 1.54) is 0 Å². The van der Waals surface area contributed by atoms with E-state index in [9.17, 15) is 4.79 Å². The van der Waals surface area contributed by atoms with Crippen molar-refractivity contribution in [3.05, 3.63) is 89.7 Å². The third-order valence-corrected chi connectivity index (χ3v) is 3.73. The summed E-state index contributed by atoms with van der Waals surface area (Å²) in [7, 11) is 0. The van der Waals surface area contributed by atoms with Crippen LogP contribution < -0.4 is 5.32 Å². The van der Waals surface area contributed by atoms with Crippen molar-refractivity contribution in [2.75, 3.05) is 0 Å². The maximum absolute atomic E-state index is 12.3. The number of benzene rings is 2. The molecule has 0 fully saturated rings. The lowest BCUT2D eigenvalue weighted by atomic mass is 10.1. The summed E-state index contributed by atoms with van der Waals surface area (Å²) >= 11 is 0. The molecule has 4 nitrogen and oxygen atoms in total. The maximum atomic E-state index is 12.3. The molecule has 0 aliphatic rings. The van der Waals surface area contributed by atoms with Gasteiger partial charge in [0, 0.05) is 6.20 Å². The summed E-state index contributed by atoms with van der Waals surface area (Å²) in [5.74, 6) is -0.110. The maximum Gasteiger partial charge on any atom is 0.254 e. The smallest absolute Gasteiger partial charge is 0.254 e. The van der Waals surface area contributed by atoms with Crippen LogP contribution >= 0.6 is 0 Å². The number of nitrogens with one attached hydrogen (secondary N) is 1. The molecule has 0 aliphatic carbocycles. The Hall–Kier alpha value is -2.88. The van der Waals surface area contributed by atoms with E-state index in [-0.39, 0.29) is 11.9 Å². The normalized spacial score (nSPS) is 11.9. The van der Waals surface area contributed by atoms with Crippen LogP contribution in [0.5, 0.6) is 0 Å². The largest absolute Gasteiger partial charge is 0.345 e. The van der Waals surface area contributed by atoms with Gasteiger partial charge in [-0.05, 0) is 18.1 Å². The number of amides is 1. The lowest BCUT2D eigenvalue weighted by molar-refractivity contribution is 0.0940. The van der Waals surface area contributed by atoms with Crippen LogP contribution in [-0.4, -0.2) is 15.7 Å². The zero-order valence-corrected chi connectivity index (χ0v) is 13.0. The summed E-state index contributed by atoms with van der Waals surface area (Å²) in [6, 6.07) is 19.9. The second-order valence-corrected chi connectivity index (χ2v) is 5.52. The average Bonchev–Trinajstić information content (AvgIpc) is 3.05. The van der Waals surface area contributed by atoms with Crippen molar-refractivity contribution in [1.29, 1.82) is 0 Å². The number of hydrogen-bond acceptors (Lipinski definition) is 2. The summed E-state index contributed by atoms with van der Waals surface area (Å²) in [5.41, 5.74) is 2.81. The second kappa shape index (κ2) is 6.92. The summed E-state index contributed by atoms with van der Waals surface area (Å²) in [5, 5.41) is 7.27. The highest BCUT2D eigenvalue weighted by molar-refractivity contribution is 5.93. The molecule has 0 saturated carbocycles. The van der Waals surface area contributed by atoms with E-state index in [0.717, 1.165) is 11.1 Å². The fourth-order valence-corrected chi connectivity index (χ4v) is 2.44. The molecule has 0 saturated heterocycles. The molecule has 3 aromatic rings. The van der Waals surface area contributed by atoms with Crippen LogP contribution in [0.15, 0.2) is 73.1 Å². The first-order valence-electron chi connectivity index (χ1n) is 7.64. The summed E-state index contributed by atoms with van der Waals surface area (Å²) in [4.78, 5) is 12.3. The Balaban J connectivity index is 1.64. The molecule has 1 atom stereocenters. The van der Waals surface area contributed by atoms with E-state index >= 15 is 0 Å². The zero-order chi connectivity index (χ0) is 16.1. The van der Waals surface area contributed by atoms with Gasteiger partial charge in [-0.1, -0.05) is 60.7 Å². The molecule has 116 valence electrons. The minimum atomic E-state index is -0.110. The standard InChI is InChI=1S/C19H19N3O/c1-15(17-10-6-3-7-11-17)21-19(23)18-12-20-22(14-18)13-16-8-4-2-5-9-16/h2-12,14-15H,13H2,1H3,(H,21,23)/t15-/m0/s1. The van der Waals surface area contributed by atoms with Crippen LogP contribution in [0.3, 0.4) is 0 Å². The highest BCUT2D eigenvalue weighted by atomic mass is 16.1. The molecule has 1 aromatic heterocycles. The molecule has 1 heterocycles. The van der Waals surface area contributed by atoms with Crippen LogP contribution in [0.1, 0.15) is 34.5 Å². The van der Waals surface area contributed by atoms with Crippen LogP contribution in [0.25, 0.3) is 0 Å². The van der Waals surface area contributed by atoms with Crippen molar-refractivity contribution in [2.24, 2.45) is 0 Å². The molecule has 0 aliphatic heterocycles. The highest BCUT2D eigenvalue weighted by Gasteiger charge is 2.13. The first-order chi connectivity index (χ1) is 11.2. The van der Waals surface area contributed by atoms with E-state index in [1.54, 1.807) is 17.1 Å². The molecule has 23 heavy (non-hydrogen) atoms. The Bertz CT molecular complexity index is 766. The third-order valence-electron chi connectivity index (χ3n) is 3.73. The van der Waals surface area contributed by atoms with Gasteiger partial charge in [0.25, 0.3) is 5.91 Å². The second-order valence-electron chi connectivity index (χ2n) is 5.52. The van der Waals surface area contributed by atoms with E-state index in [4.69, 9.17) is 0 Å². The molecule has 0 bridgehead atoms. The van der Waals surface area contributed by atoms with Crippen LogP contribution in [-0.2, 0) is 6.54 Å². The third kappa shape index (κ3) is 3.86. The SMILES string of the molecule is C[C@H](NC(=O)c1cnn(Cc2ccccc2)c1)c1ccccc1. The number of rotatable bonds is 5. The zero-order valence-electron chi connectivity index (χ0n) is 13.0. The van der Waals surface area contributed by atoms with Crippen molar-refractivity contribution < 1.29 is 4.79 Å². The summed E-state index contributed by atoms with van der Waals surface area (Å²) < 4.78 is 1.78. The van der Waals surface area contributed by atoms with Crippen molar-refractivity contribution in [3.8, 4) is 0 Å².